The van der Waals surface area contributed by atoms with Gasteiger partial charge >= 0.3 is 0 Å². The number of amides is 2. The van der Waals surface area contributed by atoms with E-state index in [4.69, 9.17) is 11.0 Å². The van der Waals surface area contributed by atoms with Gasteiger partial charge in [0.25, 0.3) is 0 Å². The van der Waals surface area contributed by atoms with Gasteiger partial charge in [-0.2, -0.15) is 5.26 Å². The Morgan fingerprint density at radius 1 is 1.56 bits per heavy atom. The molecule has 2 amide bonds. The molecule has 1 aromatic carbocycles. The maximum absolute atomic E-state index is 13.0. The zero-order chi connectivity index (χ0) is 13.3. The van der Waals surface area contributed by atoms with Crippen LogP contribution >= 0.6 is 0 Å². The van der Waals surface area contributed by atoms with Gasteiger partial charge in [0.05, 0.1) is 17.2 Å². The summed E-state index contributed by atoms with van der Waals surface area (Å²) in [6, 6.07) is 5.41. The van der Waals surface area contributed by atoms with Crippen molar-refractivity contribution in [2.75, 3.05) is 11.4 Å². The molecule has 6 heteroatoms. The van der Waals surface area contributed by atoms with Gasteiger partial charge in [0.15, 0.2) is 0 Å². The highest BCUT2D eigenvalue weighted by Gasteiger charge is 2.34. The molecule has 1 aromatic rings. The van der Waals surface area contributed by atoms with E-state index in [1.54, 1.807) is 0 Å². The first-order valence-electron chi connectivity index (χ1n) is 5.32. The van der Waals surface area contributed by atoms with Crippen molar-refractivity contribution in [2.24, 2.45) is 11.7 Å². The summed E-state index contributed by atoms with van der Waals surface area (Å²) in [5, 5.41) is 8.92. The molecule has 2 rings (SSSR count). The Kier molecular flexibility index (Phi) is 2.98. The second-order valence-corrected chi connectivity index (χ2v) is 4.08. The lowest BCUT2D eigenvalue weighted by molar-refractivity contribution is -0.123. The van der Waals surface area contributed by atoms with E-state index >= 15 is 0 Å². The third kappa shape index (κ3) is 2.02. The average Bonchev–Trinajstić information content (AvgIpc) is 2.71. The van der Waals surface area contributed by atoms with Crippen molar-refractivity contribution < 1.29 is 14.0 Å². The topological polar surface area (TPSA) is 87.2 Å². The average molecular weight is 247 g/mol. The van der Waals surface area contributed by atoms with E-state index in [2.05, 4.69) is 0 Å². The molecule has 1 heterocycles. The Labute approximate surface area is 103 Å². The van der Waals surface area contributed by atoms with Crippen molar-refractivity contribution in [1.82, 2.24) is 0 Å². The Hall–Kier alpha value is -2.42. The Morgan fingerprint density at radius 2 is 2.28 bits per heavy atom. The molecule has 1 fully saturated rings. The maximum Gasteiger partial charge on any atom is 0.227 e. The van der Waals surface area contributed by atoms with Crippen molar-refractivity contribution in [1.29, 1.82) is 5.26 Å². The minimum Gasteiger partial charge on any atom is -0.369 e. The van der Waals surface area contributed by atoms with E-state index in [1.165, 1.54) is 17.0 Å². The number of nitrogens with zero attached hydrogens (tertiary/aromatic N) is 2. The summed E-state index contributed by atoms with van der Waals surface area (Å²) >= 11 is 0. The smallest absolute Gasteiger partial charge is 0.227 e. The molecule has 0 bridgehead atoms. The van der Waals surface area contributed by atoms with Crippen molar-refractivity contribution in [3.05, 3.63) is 29.6 Å². The number of nitriles is 1. The normalized spacial score (nSPS) is 18.8. The zero-order valence-electron chi connectivity index (χ0n) is 9.39. The molecule has 5 nitrogen and oxygen atoms in total. The number of anilines is 1. The van der Waals surface area contributed by atoms with E-state index in [9.17, 15) is 14.0 Å². The van der Waals surface area contributed by atoms with Crippen LogP contribution in [0, 0.1) is 23.1 Å². The van der Waals surface area contributed by atoms with Crippen LogP contribution in [0.15, 0.2) is 18.2 Å². The van der Waals surface area contributed by atoms with Crippen LogP contribution in [0.3, 0.4) is 0 Å². The predicted octanol–water partition coefficient (Wildman–Crippen LogP) is 0.536. The molecule has 0 aromatic heterocycles. The van der Waals surface area contributed by atoms with Crippen LogP contribution in [-0.2, 0) is 9.59 Å². The third-order valence-electron chi connectivity index (χ3n) is 2.90. The molecule has 18 heavy (non-hydrogen) atoms. The van der Waals surface area contributed by atoms with Crippen LogP contribution in [0.25, 0.3) is 0 Å². The Bertz CT molecular complexity index is 565. The number of hydrogen-bond donors (Lipinski definition) is 1. The van der Waals surface area contributed by atoms with Crippen LogP contribution in [0.5, 0.6) is 0 Å². The number of nitrogens with two attached hydrogens (primary N) is 1. The quantitative estimate of drug-likeness (QED) is 0.827. The van der Waals surface area contributed by atoms with Gasteiger partial charge in [0.1, 0.15) is 11.9 Å². The lowest BCUT2D eigenvalue weighted by Crippen LogP contribution is -2.28. The summed E-state index contributed by atoms with van der Waals surface area (Å²) in [5.41, 5.74) is 5.53. The largest absolute Gasteiger partial charge is 0.369 e. The summed E-state index contributed by atoms with van der Waals surface area (Å²) < 4.78 is 13.0. The number of hydrogen-bond acceptors (Lipinski definition) is 3. The van der Waals surface area contributed by atoms with Crippen molar-refractivity contribution in [3.8, 4) is 6.07 Å². The van der Waals surface area contributed by atoms with E-state index in [1.807, 2.05) is 6.07 Å². The van der Waals surface area contributed by atoms with Crippen molar-refractivity contribution in [2.45, 2.75) is 6.42 Å². The van der Waals surface area contributed by atoms with Crippen LogP contribution in [0.1, 0.15) is 12.0 Å². The van der Waals surface area contributed by atoms with E-state index in [0.717, 1.165) is 6.07 Å². The van der Waals surface area contributed by atoms with Gasteiger partial charge in [-0.25, -0.2) is 4.39 Å². The predicted molar refractivity (Wildman–Crippen MR) is 60.8 cm³/mol. The maximum atomic E-state index is 13.0. The second-order valence-electron chi connectivity index (χ2n) is 4.08. The second kappa shape index (κ2) is 4.45. The minimum atomic E-state index is -0.561. The fraction of sp³-hybridized carbons (Fsp3) is 0.250. The molecule has 1 saturated heterocycles. The van der Waals surface area contributed by atoms with E-state index in [0.29, 0.717) is 5.69 Å². The van der Waals surface area contributed by atoms with Gasteiger partial charge < -0.3 is 10.6 Å². The first-order valence-corrected chi connectivity index (χ1v) is 5.32. The number of carbonyl (C=O) groups excluding carboxylic acids is 2. The number of benzene rings is 1. The minimum absolute atomic E-state index is 0.0254. The number of rotatable bonds is 2. The van der Waals surface area contributed by atoms with Crippen molar-refractivity contribution in [3.63, 3.8) is 0 Å². The molecule has 2 N–H and O–H groups in total. The summed E-state index contributed by atoms with van der Waals surface area (Å²) in [5.74, 6) is -1.95. The molecular formula is C12H10FN3O2. The molecule has 1 unspecified atom stereocenters. The molecule has 0 radical (unpaired) electrons. The van der Waals surface area contributed by atoms with E-state index < -0.39 is 17.6 Å². The summed E-state index contributed by atoms with van der Waals surface area (Å²) in [6.07, 6.45) is 0.0254. The summed E-state index contributed by atoms with van der Waals surface area (Å²) in [4.78, 5) is 24.1. The highest BCUT2D eigenvalue weighted by Crippen LogP contribution is 2.28. The van der Waals surface area contributed by atoms with Crippen LogP contribution in [0.4, 0.5) is 10.1 Å². The molecule has 1 atom stereocenters. The molecule has 0 aliphatic carbocycles. The lowest BCUT2D eigenvalue weighted by atomic mass is 10.1. The molecule has 1 aliphatic heterocycles. The Morgan fingerprint density at radius 3 is 2.83 bits per heavy atom. The first kappa shape index (κ1) is 12.0. The zero-order valence-corrected chi connectivity index (χ0v) is 9.39. The number of halogens is 1. The van der Waals surface area contributed by atoms with Gasteiger partial charge in [-0.1, -0.05) is 0 Å². The summed E-state index contributed by atoms with van der Waals surface area (Å²) in [6.45, 7) is 0.133. The number of carbonyl (C=O) groups is 2. The molecule has 0 saturated carbocycles. The molecule has 92 valence electrons. The third-order valence-corrected chi connectivity index (χ3v) is 2.90. The first-order chi connectivity index (χ1) is 8.52. The standard InChI is InChI=1S/C12H10FN3O2/c13-9-1-2-10(7(3-9)5-14)16-6-8(12(15)18)4-11(16)17/h1-3,8H,4,6H2,(H2,15,18). The van der Waals surface area contributed by atoms with Crippen LogP contribution < -0.4 is 10.6 Å². The molecule has 0 spiro atoms. The molecular weight excluding hydrogens is 237 g/mol. The fourth-order valence-electron chi connectivity index (χ4n) is 1.96. The van der Waals surface area contributed by atoms with Crippen LogP contribution in [0.2, 0.25) is 0 Å². The highest BCUT2D eigenvalue weighted by atomic mass is 19.1. The van der Waals surface area contributed by atoms with Crippen molar-refractivity contribution >= 4 is 17.5 Å². The van der Waals surface area contributed by atoms with Gasteiger partial charge in [0.2, 0.25) is 11.8 Å². The van der Waals surface area contributed by atoms with Gasteiger partial charge in [-0.05, 0) is 18.2 Å². The fourth-order valence-corrected chi connectivity index (χ4v) is 1.96. The van der Waals surface area contributed by atoms with E-state index in [-0.39, 0.29) is 24.4 Å². The SMILES string of the molecule is N#Cc1cc(F)ccc1N1CC(C(N)=O)CC1=O. The monoisotopic (exact) mass is 247 g/mol. The molecule has 1 aliphatic rings. The van der Waals surface area contributed by atoms with Gasteiger partial charge in [-0.3, -0.25) is 9.59 Å². The van der Waals surface area contributed by atoms with Gasteiger partial charge in [-0.15, -0.1) is 0 Å². The van der Waals surface area contributed by atoms with Gasteiger partial charge in [0, 0.05) is 13.0 Å². The highest BCUT2D eigenvalue weighted by molar-refractivity contribution is 6.00. The summed E-state index contributed by atoms with van der Waals surface area (Å²) in [7, 11) is 0. The number of primary amides is 1. The van der Waals surface area contributed by atoms with Crippen LogP contribution in [-0.4, -0.2) is 18.4 Å². The Balaban J connectivity index is 2.36. The lowest BCUT2D eigenvalue weighted by Gasteiger charge is -2.17.